The van der Waals surface area contributed by atoms with Gasteiger partial charge in [0.15, 0.2) is 0 Å². The van der Waals surface area contributed by atoms with Gasteiger partial charge in [-0.3, -0.25) is 0 Å². The van der Waals surface area contributed by atoms with Gasteiger partial charge in [-0.25, -0.2) is 4.98 Å². The van der Waals surface area contributed by atoms with Crippen molar-refractivity contribution in [2.24, 2.45) is 5.73 Å². The van der Waals surface area contributed by atoms with Crippen LogP contribution in [-0.4, -0.2) is 23.6 Å². The second-order valence-corrected chi connectivity index (χ2v) is 4.77. The van der Waals surface area contributed by atoms with Gasteiger partial charge in [0, 0.05) is 24.8 Å². The molecule has 16 heavy (non-hydrogen) atoms. The van der Waals surface area contributed by atoms with Gasteiger partial charge in [-0.1, -0.05) is 6.07 Å². The predicted octanol–water partition coefficient (Wildman–Crippen LogP) is 2.10. The van der Waals surface area contributed by atoms with Crippen molar-refractivity contribution in [3.05, 3.63) is 23.9 Å². The first kappa shape index (κ1) is 11.4. The zero-order chi connectivity index (χ0) is 11.5. The molecule has 1 aromatic rings. The van der Waals surface area contributed by atoms with Gasteiger partial charge >= 0.3 is 0 Å². The van der Waals surface area contributed by atoms with Crippen LogP contribution in [0.1, 0.15) is 31.7 Å². The lowest BCUT2D eigenvalue weighted by atomic mass is 9.96. The second-order valence-electron chi connectivity index (χ2n) is 4.77. The van der Waals surface area contributed by atoms with E-state index in [0.717, 1.165) is 12.4 Å². The molecule has 0 saturated carbocycles. The van der Waals surface area contributed by atoms with Crippen molar-refractivity contribution in [1.82, 2.24) is 4.98 Å². The molecule has 0 aliphatic carbocycles. The van der Waals surface area contributed by atoms with E-state index in [0.29, 0.717) is 12.1 Å². The smallest absolute Gasteiger partial charge is 0.129 e. The van der Waals surface area contributed by atoms with Gasteiger partial charge < -0.3 is 10.6 Å². The molecule has 1 aliphatic heterocycles. The largest absolute Gasteiger partial charge is 0.350 e. The molecule has 0 aromatic carbocycles. The molecule has 1 saturated heterocycles. The lowest BCUT2D eigenvalue weighted by Crippen LogP contribution is -2.49. The molecule has 3 nitrogen and oxygen atoms in total. The van der Waals surface area contributed by atoms with Crippen molar-refractivity contribution in [2.45, 2.75) is 45.2 Å². The van der Waals surface area contributed by atoms with E-state index in [1.54, 1.807) is 0 Å². The van der Waals surface area contributed by atoms with Crippen molar-refractivity contribution < 1.29 is 0 Å². The molecule has 88 valence electrons. The van der Waals surface area contributed by atoms with Crippen LogP contribution in [0.15, 0.2) is 18.3 Å². The number of pyridine rings is 1. The fourth-order valence-corrected chi connectivity index (χ4v) is 2.54. The zero-order valence-corrected chi connectivity index (χ0v) is 10.2. The lowest BCUT2D eigenvalue weighted by Gasteiger charge is -2.41. The quantitative estimate of drug-likeness (QED) is 0.828. The maximum Gasteiger partial charge on any atom is 0.129 e. The molecule has 1 aromatic heterocycles. The minimum Gasteiger partial charge on any atom is -0.350 e. The summed E-state index contributed by atoms with van der Waals surface area (Å²) in [6, 6.07) is 5.24. The maximum atomic E-state index is 5.85. The molecule has 2 atom stereocenters. The van der Waals surface area contributed by atoms with Crippen LogP contribution >= 0.6 is 0 Å². The molecule has 0 bridgehead atoms. The summed E-state index contributed by atoms with van der Waals surface area (Å²) < 4.78 is 0. The number of rotatable bonds is 2. The molecule has 0 spiro atoms. The van der Waals surface area contributed by atoms with Crippen molar-refractivity contribution in [2.75, 3.05) is 11.4 Å². The Morgan fingerprint density at radius 3 is 2.88 bits per heavy atom. The molecule has 0 radical (unpaired) electrons. The Hall–Kier alpha value is -1.09. The molecular formula is C13H21N3. The normalized spacial score (nSPS) is 25.8. The molecule has 2 rings (SSSR count). The fraction of sp³-hybridized carbons (Fsp3) is 0.615. The summed E-state index contributed by atoms with van der Waals surface area (Å²) in [5.74, 6) is 1.08. The summed E-state index contributed by atoms with van der Waals surface area (Å²) in [4.78, 5) is 6.91. The van der Waals surface area contributed by atoms with E-state index in [1.807, 2.05) is 6.20 Å². The van der Waals surface area contributed by atoms with Crippen LogP contribution in [-0.2, 0) is 0 Å². The first-order chi connectivity index (χ1) is 7.72. The van der Waals surface area contributed by atoms with Gasteiger partial charge in [-0.05, 0) is 44.7 Å². The topological polar surface area (TPSA) is 42.1 Å². The van der Waals surface area contributed by atoms with Crippen molar-refractivity contribution in [1.29, 1.82) is 0 Å². The number of aromatic nitrogens is 1. The first-order valence-corrected chi connectivity index (χ1v) is 6.13. The first-order valence-electron chi connectivity index (χ1n) is 6.13. The van der Waals surface area contributed by atoms with E-state index in [-0.39, 0.29) is 0 Å². The lowest BCUT2D eigenvalue weighted by molar-refractivity contribution is 0.398. The van der Waals surface area contributed by atoms with Crippen molar-refractivity contribution in [3.8, 4) is 0 Å². The Morgan fingerprint density at radius 2 is 2.25 bits per heavy atom. The maximum absolute atomic E-state index is 5.85. The third-order valence-electron chi connectivity index (χ3n) is 3.46. The van der Waals surface area contributed by atoms with Crippen LogP contribution in [0.2, 0.25) is 0 Å². The highest BCUT2D eigenvalue weighted by molar-refractivity contribution is 5.42. The van der Waals surface area contributed by atoms with Gasteiger partial charge in [0.05, 0.1) is 0 Å². The Morgan fingerprint density at radius 1 is 1.44 bits per heavy atom. The monoisotopic (exact) mass is 219 g/mol. The number of anilines is 1. The molecule has 2 heterocycles. The highest BCUT2D eigenvalue weighted by Crippen LogP contribution is 2.27. The predicted molar refractivity (Wildman–Crippen MR) is 67.6 cm³/mol. The second kappa shape index (κ2) is 4.83. The number of aryl methyl sites for hydroxylation is 1. The van der Waals surface area contributed by atoms with Gasteiger partial charge in [-0.15, -0.1) is 0 Å². The number of piperidine rings is 1. The molecule has 2 unspecified atom stereocenters. The van der Waals surface area contributed by atoms with E-state index in [4.69, 9.17) is 5.73 Å². The van der Waals surface area contributed by atoms with Crippen LogP contribution in [0.25, 0.3) is 0 Å². The molecular weight excluding hydrogens is 198 g/mol. The average molecular weight is 219 g/mol. The standard InChI is InChI=1S/C13H21N3/c1-10-6-7-13(15-9-10)16-11(2)4-3-5-12(16)8-14/h6-7,9,11-12H,3-5,8,14H2,1-2H3. The summed E-state index contributed by atoms with van der Waals surface area (Å²) in [7, 11) is 0. The minimum absolute atomic E-state index is 0.457. The van der Waals surface area contributed by atoms with E-state index in [9.17, 15) is 0 Å². The Kier molecular flexibility index (Phi) is 3.44. The summed E-state index contributed by atoms with van der Waals surface area (Å²) in [5, 5.41) is 0. The van der Waals surface area contributed by atoms with Crippen molar-refractivity contribution in [3.63, 3.8) is 0 Å². The number of nitrogens with two attached hydrogens (primary N) is 1. The molecule has 1 fully saturated rings. The fourth-order valence-electron chi connectivity index (χ4n) is 2.54. The van der Waals surface area contributed by atoms with Crippen molar-refractivity contribution >= 4 is 5.82 Å². The Labute approximate surface area is 97.7 Å². The van der Waals surface area contributed by atoms with Crippen LogP contribution in [0.4, 0.5) is 5.82 Å². The summed E-state index contributed by atoms with van der Waals surface area (Å²) in [6.07, 6.45) is 5.65. The van der Waals surface area contributed by atoms with Gasteiger partial charge in [0.25, 0.3) is 0 Å². The van der Waals surface area contributed by atoms with Gasteiger partial charge in [0.2, 0.25) is 0 Å². The van der Waals surface area contributed by atoms with Crippen LogP contribution in [0.5, 0.6) is 0 Å². The molecule has 3 heteroatoms. The molecule has 2 N–H and O–H groups in total. The third kappa shape index (κ3) is 2.19. The van der Waals surface area contributed by atoms with Crippen LogP contribution in [0, 0.1) is 6.92 Å². The zero-order valence-electron chi connectivity index (χ0n) is 10.2. The highest BCUT2D eigenvalue weighted by Gasteiger charge is 2.27. The van der Waals surface area contributed by atoms with E-state index < -0.39 is 0 Å². The summed E-state index contributed by atoms with van der Waals surface area (Å²) in [6.45, 7) is 5.06. The third-order valence-corrected chi connectivity index (χ3v) is 3.46. The molecule has 0 amide bonds. The summed E-state index contributed by atoms with van der Waals surface area (Å²) in [5.41, 5.74) is 7.06. The van der Waals surface area contributed by atoms with E-state index >= 15 is 0 Å². The summed E-state index contributed by atoms with van der Waals surface area (Å²) >= 11 is 0. The van der Waals surface area contributed by atoms with Gasteiger partial charge in [-0.2, -0.15) is 0 Å². The Bertz CT molecular complexity index is 334. The average Bonchev–Trinajstić information content (AvgIpc) is 2.30. The van der Waals surface area contributed by atoms with E-state index in [1.165, 1.54) is 24.8 Å². The van der Waals surface area contributed by atoms with E-state index in [2.05, 4.69) is 35.9 Å². The number of hydrogen-bond donors (Lipinski definition) is 1. The number of hydrogen-bond acceptors (Lipinski definition) is 3. The SMILES string of the molecule is Cc1ccc(N2C(C)CCCC2CN)nc1. The highest BCUT2D eigenvalue weighted by atomic mass is 15.2. The molecule has 1 aliphatic rings. The Balaban J connectivity index is 2.24. The van der Waals surface area contributed by atoms with Crippen LogP contribution in [0.3, 0.4) is 0 Å². The van der Waals surface area contributed by atoms with Crippen LogP contribution < -0.4 is 10.6 Å². The van der Waals surface area contributed by atoms with Gasteiger partial charge in [0.1, 0.15) is 5.82 Å². The number of nitrogens with zero attached hydrogens (tertiary/aromatic N) is 2. The minimum atomic E-state index is 0.457.